The van der Waals surface area contributed by atoms with Crippen LogP contribution in [0.15, 0.2) is 0 Å². The zero-order valence-electron chi connectivity index (χ0n) is 10.3. The Bertz CT molecular complexity index is 204. The molecule has 0 atom stereocenters. The molecule has 18 heavy (non-hydrogen) atoms. The van der Waals surface area contributed by atoms with Gasteiger partial charge in [0.15, 0.2) is 5.57 Å². The highest BCUT2D eigenvalue weighted by atomic mass is 19.5. The minimum absolute atomic E-state index is 0.583. The van der Waals surface area contributed by atoms with Gasteiger partial charge < -0.3 is 10.0 Å². The summed E-state index contributed by atoms with van der Waals surface area (Å²) < 4.78 is 39.1. The van der Waals surface area contributed by atoms with Gasteiger partial charge in [-0.2, -0.15) is 0 Å². The quantitative estimate of drug-likeness (QED) is 0.266. The van der Waals surface area contributed by atoms with Gasteiger partial charge in [-0.25, -0.2) is 9.34 Å². The first-order valence-corrected chi connectivity index (χ1v) is 4.91. The normalized spacial score (nSPS) is 9.61. The first kappa shape index (κ1) is 22.3. The van der Waals surface area contributed by atoms with Gasteiger partial charge in [0.05, 0.1) is 19.6 Å². The van der Waals surface area contributed by atoms with Gasteiger partial charge in [-0.15, -0.1) is 5.26 Å². The summed E-state index contributed by atoms with van der Waals surface area (Å²) in [6, 6.07) is 0. The van der Waals surface area contributed by atoms with Crippen LogP contribution in [0.3, 0.4) is 0 Å². The van der Waals surface area contributed by atoms with Gasteiger partial charge >= 0.3 is 13.5 Å². The molecule has 1 N–H and O–H groups in total. The first-order valence-electron chi connectivity index (χ1n) is 4.91. The van der Waals surface area contributed by atoms with Crippen molar-refractivity contribution in [3.05, 3.63) is 0 Å². The number of nitrogens with zero attached hydrogens (tertiary/aromatic N) is 3. The van der Waals surface area contributed by atoms with Gasteiger partial charge in [0, 0.05) is 0 Å². The molecule has 0 aromatic heterocycles. The smallest absolute Gasteiger partial charge is 0.394 e. The molecule has 0 spiro atoms. The Morgan fingerprint density at radius 2 is 1.50 bits per heavy atom. The summed E-state index contributed by atoms with van der Waals surface area (Å²) in [6.07, 6.45) is 2.30. The number of nitriles is 1. The number of hydrogen-bond acceptors (Lipinski definition) is 5. The fourth-order valence-electron chi connectivity index (χ4n) is 0.883. The maximum absolute atomic E-state index is 10.1. The molecule has 0 fully saturated rings. The number of quaternary nitrogens is 1. The first-order chi connectivity index (χ1) is 8.24. The van der Waals surface area contributed by atoms with E-state index in [1.54, 1.807) is 0 Å². The van der Waals surface area contributed by atoms with E-state index in [0.717, 1.165) is 19.6 Å². The van der Waals surface area contributed by atoms with E-state index in [4.69, 9.17) is 15.3 Å². The topological polar surface area (TPSA) is 79.6 Å². The van der Waals surface area contributed by atoms with Gasteiger partial charge in [0.2, 0.25) is 0 Å². The molecule has 0 saturated heterocycles. The molecule has 0 bridgehead atoms. The average molecular weight is 277 g/mol. The standard InChI is InChI=1S/C7H15N2.BFHO3.F3N/c1-4-9(5-2,6-3)7-8;2-5-1(3)4;1-4(2)3/h4-6H2,1-3H3;3H;/q+1;-1;. The van der Waals surface area contributed by atoms with Crippen LogP contribution in [0.25, 0.3) is 0 Å². The second-order valence-corrected chi connectivity index (χ2v) is 2.78. The lowest BCUT2D eigenvalue weighted by Gasteiger charge is -2.24. The van der Waals surface area contributed by atoms with Crippen LogP contribution in [-0.2, 0) is 4.86 Å². The molecule has 0 aromatic rings. The lowest BCUT2D eigenvalue weighted by molar-refractivity contribution is -0.860. The predicted molar refractivity (Wildman–Crippen MR) is 52.8 cm³/mol. The molecule has 0 radical (unpaired) electrons. The van der Waals surface area contributed by atoms with E-state index in [9.17, 15) is 18.0 Å². The van der Waals surface area contributed by atoms with Gasteiger partial charge in [-0.1, -0.05) is 18.0 Å². The molecule has 0 aliphatic rings. The highest BCUT2D eigenvalue weighted by Crippen LogP contribution is 2.01. The van der Waals surface area contributed by atoms with Crippen LogP contribution in [-0.4, -0.2) is 42.0 Å². The lowest BCUT2D eigenvalue weighted by Crippen LogP contribution is -2.42. The summed E-state index contributed by atoms with van der Waals surface area (Å²) >= 11 is 0. The number of hydrogen-bond donors (Lipinski definition) is 1. The zero-order chi connectivity index (χ0) is 15.2. The highest BCUT2D eigenvalue weighted by molar-refractivity contribution is 6.30. The Labute approximate surface area is 103 Å². The summed E-state index contributed by atoms with van der Waals surface area (Å²) in [5.41, 5.74) is -2.50. The van der Waals surface area contributed by atoms with Crippen LogP contribution in [0.4, 0.5) is 18.0 Å². The van der Waals surface area contributed by atoms with Crippen molar-refractivity contribution in [3.8, 4) is 6.19 Å². The fourth-order valence-corrected chi connectivity index (χ4v) is 0.883. The van der Waals surface area contributed by atoms with Crippen LogP contribution >= 0.6 is 0 Å². The molecule has 0 amide bonds. The summed E-state index contributed by atoms with van der Waals surface area (Å²) in [5, 5.41) is 24.8. The second-order valence-electron chi connectivity index (χ2n) is 2.78. The summed E-state index contributed by atoms with van der Waals surface area (Å²) in [7, 11) is -2.53. The third kappa shape index (κ3) is 17.5. The van der Waals surface area contributed by atoms with Gasteiger partial charge in [-0.3, -0.25) is 0 Å². The zero-order valence-corrected chi connectivity index (χ0v) is 10.3. The number of rotatable bonds is 4. The Morgan fingerprint density at radius 3 is 1.50 bits per heavy atom. The van der Waals surface area contributed by atoms with Crippen molar-refractivity contribution in [2.45, 2.75) is 20.8 Å². The molecule has 6 nitrogen and oxygen atoms in total. The molecule has 0 saturated carbocycles. The van der Waals surface area contributed by atoms with E-state index in [0.29, 0.717) is 4.48 Å². The van der Waals surface area contributed by atoms with Crippen LogP contribution in [0.5, 0.6) is 0 Å². The van der Waals surface area contributed by atoms with Crippen LogP contribution in [0.2, 0.25) is 0 Å². The Hall–Kier alpha value is -0.925. The van der Waals surface area contributed by atoms with Crippen LogP contribution in [0.1, 0.15) is 20.8 Å². The van der Waals surface area contributed by atoms with E-state index < -0.39 is 12.9 Å². The minimum atomic E-state index is -2.53. The summed E-state index contributed by atoms with van der Waals surface area (Å²) in [4.78, 5) is 2.25. The van der Waals surface area contributed by atoms with Gasteiger partial charge in [0.1, 0.15) is 0 Å². The van der Waals surface area contributed by atoms with Crippen molar-refractivity contribution >= 4 is 7.32 Å². The van der Waals surface area contributed by atoms with Crippen molar-refractivity contribution in [3.63, 3.8) is 0 Å². The summed E-state index contributed by atoms with van der Waals surface area (Å²) in [5.74, 6) is 0. The monoisotopic (exact) mass is 277 g/mol. The molecule has 108 valence electrons. The molecule has 0 aliphatic heterocycles. The van der Waals surface area contributed by atoms with Crippen molar-refractivity contribution in [2.24, 2.45) is 0 Å². The van der Waals surface area contributed by atoms with E-state index in [2.05, 4.69) is 31.8 Å². The molecular weight excluding hydrogens is 261 g/mol. The third-order valence-electron chi connectivity index (χ3n) is 2.10. The van der Waals surface area contributed by atoms with E-state index in [1.165, 1.54) is 0 Å². The van der Waals surface area contributed by atoms with Crippen molar-refractivity contribution < 1.29 is 37.4 Å². The highest BCUT2D eigenvalue weighted by Gasteiger charge is 2.19. The van der Waals surface area contributed by atoms with Crippen LogP contribution < -0.4 is 5.02 Å². The van der Waals surface area contributed by atoms with E-state index >= 15 is 0 Å². The molecule has 0 heterocycles. The SMILES string of the molecule is CC[N+](C#N)(CC)CC.FN(F)F.[O-]B(O)OF. The number of halogens is 4. The molecule has 0 aromatic carbocycles. The molecule has 11 heteroatoms. The molecular formula is C7H16BF4N3O3. The largest absolute Gasteiger partial charge is 0.830 e. The third-order valence-corrected chi connectivity index (χ3v) is 2.10. The minimum Gasteiger partial charge on any atom is -0.830 e. The van der Waals surface area contributed by atoms with E-state index in [-0.39, 0.29) is 0 Å². The van der Waals surface area contributed by atoms with Gasteiger partial charge in [0.25, 0.3) is 0 Å². The van der Waals surface area contributed by atoms with Crippen LogP contribution in [0, 0.1) is 11.5 Å². The Balaban J connectivity index is -0.000000212. The maximum Gasteiger partial charge on any atom is 0.394 e. The summed E-state index contributed by atoms with van der Waals surface area (Å²) in [6.45, 7) is 8.92. The van der Waals surface area contributed by atoms with Crippen molar-refractivity contribution in [1.29, 1.82) is 5.26 Å². The molecule has 0 aliphatic carbocycles. The van der Waals surface area contributed by atoms with Gasteiger partial charge in [-0.05, 0) is 20.8 Å². The molecule has 0 unspecified atom stereocenters. The fraction of sp³-hybridized carbons (Fsp3) is 0.857. The molecule has 0 rings (SSSR count). The average Bonchev–Trinajstić information content (AvgIpc) is 2.33. The predicted octanol–water partition coefficient (Wildman–Crippen LogP) is 0.511. The van der Waals surface area contributed by atoms with Crippen molar-refractivity contribution in [1.82, 2.24) is 5.57 Å². The van der Waals surface area contributed by atoms with Crippen molar-refractivity contribution in [2.75, 3.05) is 19.6 Å². The lowest BCUT2D eigenvalue weighted by atomic mass is 10.3. The maximum atomic E-state index is 10.1. The van der Waals surface area contributed by atoms with E-state index in [1.807, 2.05) is 0 Å². The second kappa shape index (κ2) is 14.1. The Morgan fingerprint density at radius 1 is 1.28 bits per heavy atom. The Kier molecular flexibility index (Phi) is 17.5.